The van der Waals surface area contributed by atoms with Crippen molar-refractivity contribution in [2.45, 2.75) is 33.7 Å². The quantitative estimate of drug-likeness (QED) is 0.718. The molecule has 0 saturated carbocycles. The van der Waals surface area contributed by atoms with E-state index in [0.29, 0.717) is 0 Å². The maximum atomic E-state index is 11.3. The van der Waals surface area contributed by atoms with Gasteiger partial charge < -0.3 is 10.1 Å². The smallest absolute Gasteiger partial charge is 0.323 e. The molecule has 0 rings (SSSR count). The molecule has 0 bridgehead atoms. The second kappa shape index (κ2) is 6.22. The Labute approximate surface area is 86.6 Å². The van der Waals surface area contributed by atoms with Gasteiger partial charge in [-0.15, -0.1) is 12.4 Å². The third kappa shape index (κ3) is 5.11. The van der Waals surface area contributed by atoms with Crippen LogP contribution >= 0.6 is 12.4 Å². The lowest BCUT2D eigenvalue weighted by Crippen LogP contribution is -2.46. The number of methoxy groups -OCH3 is 1. The van der Waals surface area contributed by atoms with Crippen LogP contribution in [0.1, 0.15) is 27.7 Å². The summed E-state index contributed by atoms with van der Waals surface area (Å²) in [4.78, 5) is 11.3. The van der Waals surface area contributed by atoms with Crippen molar-refractivity contribution in [1.29, 1.82) is 0 Å². The number of rotatable bonds is 3. The highest BCUT2D eigenvalue weighted by molar-refractivity contribution is 5.85. The number of carbonyl (C=O) groups excluding carboxylic acids is 1. The standard InChI is InChI=1S/C9H19NO2.ClH/c1-6-10-7(8(11)12-5)9(2,3)4;/h7,10H,6H2,1-5H3;1H/t7-;/m1./s1. The van der Waals surface area contributed by atoms with E-state index < -0.39 is 0 Å². The maximum absolute atomic E-state index is 11.3. The predicted molar refractivity (Wildman–Crippen MR) is 56.2 cm³/mol. The second-order valence-corrected chi connectivity index (χ2v) is 3.88. The number of hydrogen-bond donors (Lipinski definition) is 1. The van der Waals surface area contributed by atoms with Gasteiger partial charge in [0, 0.05) is 0 Å². The first kappa shape index (κ1) is 15.2. The number of halogens is 1. The molecule has 0 aliphatic carbocycles. The van der Waals surface area contributed by atoms with Crippen LogP contribution in [0, 0.1) is 5.41 Å². The second-order valence-electron chi connectivity index (χ2n) is 3.88. The molecule has 13 heavy (non-hydrogen) atoms. The normalized spacial score (nSPS) is 13.0. The molecule has 80 valence electrons. The lowest BCUT2D eigenvalue weighted by molar-refractivity contribution is -0.146. The highest BCUT2D eigenvalue weighted by atomic mass is 35.5. The van der Waals surface area contributed by atoms with Crippen LogP contribution in [-0.2, 0) is 9.53 Å². The van der Waals surface area contributed by atoms with Crippen molar-refractivity contribution in [1.82, 2.24) is 5.32 Å². The number of likely N-dealkylation sites (N-methyl/N-ethyl adjacent to an activating group) is 1. The minimum absolute atomic E-state index is 0. The third-order valence-electron chi connectivity index (χ3n) is 1.71. The summed E-state index contributed by atoms with van der Waals surface area (Å²) in [7, 11) is 1.42. The van der Waals surface area contributed by atoms with E-state index in [1.807, 2.05) is 27.7 Å². The van der Waals surface area contributed by atoms with Gasteiger partial charge in [-0.2, -0.15) is 0 Å². The zero-order valence-electron chi connectivity index (χ0n) is 9.01. The summed E-state index contributed by atoms with van der Waals surface area (Å²) in [6.45, 7) is 8.78. The number of carbonyl (C=O) groups is 1. The van der Waals surface area contributed by atoms with Gasteiger partial charge in [-0.25, -0.2) is 0 Å². The average Bonchev–Trinajstić information content (AvgIpc) is 1.96. The minimum Gasteiger partial charge on any atom is -0.468 e. The van der Waals surface area contributed by atoms with E-state index in [0.717, 1.165) is 6.54 Å². The van der Waals surface area contributed by atoms with Crippen LogP contribution in [-0.4, -0.2) is 25.7 Å². The van der Waals surface area contributed by atoms with E-state index in [1.54, 1.807) is 0 Å². The summed E-state index contributed by atoms with van der Waals surface area (Å²) in [6.07, 6.45) is 0. The van der Waals surface area contributed by atoms with Crippen molar-refractivity contribution in [2.24, 2.45) is 5.41 Å². The van der Waals surface area contributed by atoms with Crippen molar-refractivity contribution in [3.05, 3.63) is 0 Å². The first-order valence-electron chi connectivity index (χ1n) is 4.24. The summed E-state index contributed by atoms with van der Waals surface area (Å²) in [5.41, 5.74) is -0.0941. The lowest BCUT2D eigenvalue weighted by Gasteiger charge is -2.28. The molecule has 1 atom stereocenters. The highest BCUT2D eigenvalue weighted by Crippen LogP contribution is 2.19. The molecule has 0 fully saturated rings. The molecule has 0 aliphatic rings. The molecular formula is C9H20ClNO2. The Hall–Kier alpha value is -0.280. The first-order chi connectivity index (χ1) is 5.43. The summed E-state index contributed by atoms with van der Waals surface area (Å²) in [5.74, 6) is -0.190. The molecule has 0 aromatic rings. The molecule has 0 aliphatic heterocycles. The van der Waals surface area contributed by atoms with E-state index >= 15 is 0 Å². The molecule has 1 N–H and O–H groups in total. The molecule has 0 radical (unpaired) electrons. The predicted octanol–water partition coefficient (Wildman–Crippen LogP) is 1.61. The molecule has 0 aromatic heterocycles. The fourth-order valence-corrected chi connectivity index (χ4v) is 1.07. The van der Waals surface area contributed by atoms with E-state index in [-0.39, 0.29) is 29.8 Å². The van der Waals surface area contributed by atoms with Crippen LogP contribution in [0.25, 0.3) is 0 Å². The number of ether oxygens (including phenoxy) is 1. The number of hydrogen-bond acceptors (Lipinski definition) is 3. The van der Waals surface area contributed by atoms with E-state index in [2.05, 4.69) is 10.1 Å². The Bertz CT molecular complexity index is 154. The number of esters is 1. The third-order valence-corrected chi connectivity index (χ3v) is 1.71. The number of nitrogens with one attached hydrogen (secondary N) is 1. The molecule has 0 heterocycles. The van der Waals surface area contributed by atoms with Crippen molar-refractivity contribution in [2.75, 3.05) is 13.7 Å². The van der Waals surface area contributed by atoms with E-state index in [9.17, 15) is 4.79 Å². The Morgan fingerprint density at radius 1 is 1.46 bits per heavy atom. The summed E-state index contributed by atoms with van der Waals surface area (Å²) in [6, 6.07) is -0.215. The van der Waals surface area contributed by atoms with Crippen LogP contribution in [0.3, 0.4) is 0 Å². The van der Waals surface area contributed by atoms with Gasteiger partial charge in [0.05, 0.1) is 7.11 Å². The lowest BCUT2D eigenvalue weighted by atomic mass is 9.87. The summed E-state index contributed by atoms with van der Waals surface area (Å²) in [5, 5.41) is 3.10. The van der Waals surface area contributed by atoms with E-state index in [4.69, 9.17) is 0 Å². The Morgan fingerprint density at radius 3 is 2.15 bits per heavy atom. The van der Waals surface area contributed by atoms with Gasteiger partial charge in [0.25, 0.3) is 0 Å². The van der Waals surface area contributed by atoms with Crippen LogP contribution < -0.4 is 5.32 Å². The maximum Gasteiger partial charge on any atom is 0.323 e. The highest BCUT2D eigenvalue weighted by Gasteiger charge is 2.30. The Balaban J connectivity index is 0. The van der Waals surface area contributed by atoms with Crippen LogP contribution in [0.15, 0.2) is 0 Å². The van der Waals surface area contributed by atoms with Gasteiger partial charge in [-0.3, -0.25) is 4.79 Å². The first-order valence-corrected chi connectivity index (χ1v) is 4.24. The fourth-order valence-electron chi connectivity index (χ4n) is 1.07. The molecule has 0 saturated heterocycles. The van der Waals surface area contributed by atoms with Crippen LogP contribution in [0.2, 0.25) is 0 Å². The minimum atomic E-state index is -0.215. The summed E-state index contributed by atoms with van der Waals surface area (Å²) >= 11 is 0. The van der Waals surface area contributed by atoms with E-state index in [1.165, 1.54) is 7.11 Å². The zero-order valence-corrected chi connectivity index (χ0v) is 9.83. The fraction of sp³-hybridized carbons (Fsp3) is 0.889. The molecular weight excluding hydrogens is 190 g/mol. The summed E-state index contributed by atoms with van der Waals surface area (Å²) < 4.78 is 4.69. The van der Waals surface area contributed by atoms with Gasteiger partial charge in [-0.1, -0.05) is 27.7 Å². The Morgan fingerprint density at radius 2 is 1.92 bits per heavy atom. The van der Waals surface area contributed by atoms with Gasteiger partial charge in [0.2, 0.25) is 0 Å². The largest absolute Gasteiger partial charge is 0.468 e. The zero-order chi connectivity index (χ0) is 9.78. The van der Waals surface area contributed by atoms with Crippen molar-refractivity contribution >= 4 is 18.4 Å². The van der Waals surface area contributed by atoms with Crippen molar-refractivity contribution in [3.63, 3.8) is 0 Å². The molecule has 0 aromatic carbocycles. The average molecular weight is 210 g/mol. The molecule has 0 spiro atoms. The van der Waals surface area contributed by atoms with Gasteiger partial charge in [0.1, 0.15) is 6.04 Å². The van der Waals surface area contributed by atoms with Gasteiger partial charge >= 0.3 is 5.97 Å². The van der Waals surface area contributed by atoms with Crippen LogP contribution in [0.5, 0.6) is 0 Å². The van der Waals surface area contributed by atoms with Crippen molar-refractivity contribution < 1.29 is 9.53 Å². The van der Waals surface area contributed by atoms with Gasteiger partial charge in [-0.05, 0) is 12.0 Å². The van der Waals surface area contributed by atoms with Crippen LogP contribution in [0.4, 0.5) is 0 Å². The molecule has 3 nitrogen and oxygen atoms in total. The Kier molecular flexibility index (Phi) is 7.27. The van der Waals surface area contributed by atoms with Gasteiger partial charge in [0.15, 0.2) is 0 Å². The molecule has 0 amide bonds. The van der Waals surface area contributed by atoms with Crippen molar-refractivity contribution in [3.8, 4) is 0 Å². The monoisotopic (exact) mass is 209 g/mol. The molecule has 4 heteroatoms. The topological polar surface area (TPSA) is 38.3 Å². The molecule has 0 unspecified atom stereocenters. The SMILES string of the molecule is CCN[C@H](C(=O)OC)C(C)(C)C.Cl.